The Labute approximate surface area is 173 Å². The van der Waals surface area contributed by atoms with Crippen molar-refractivity contribution in [3.63, 3.8) is 0 Å². The van der Waals surface area contributed by atoms with Crippen molar-refractivity contribution in [2.45, 2.75) is 44.7 Å². The third-order valence-electron chi connectivity index (χ3n) is 6.16. The fraction of sp³-hybridized carbons (Fsp3) is 0.500. The first-order valence-corrected chi connectivity index (χ1v) is 10.5. The van der Waals surface area contributed by atoms with Gasteiger partial charge in [0.1, 0.15) is 6.61 Å². The monoisotopic (exact) mass is 397 g/mol. The fourth-order valence-corrected chi connectivity index (χ4v) is 4.68. The van der Waals surface area contributed by atoms with Crippen LogP contribution in [0.15, 0.2) is 30.3 Å². The van der Waals surface area contributed by atoms with Crippen LogP contribution in [-0.2, 0) is 6.54 Å². The van der Waals surface area contributed by atoms with E-state index in [0.29, 0.717) is 12.6 Å². The Kier molecular flexibility index (Phi) is 6.14. The lowest BCUT2D eigenvalue weighted by atomic mass is 9.93. The molecule has 1 aliphatic carbocycles. The lowest BCUT2D eigenvalue weighted by Gasteiger charge is -2.33. The van der Waals surface area contributed by atoms with E-state index in [9.17, 15) is 0 Å². The molecular formula is C24H31NO4. The Morgan fingerprint density at radius 2 is 1.72 bits per heavy atom. The third-order valence-corrected chi connectivity index (χ3v) is 6.16. The molecule has 156 valence electrons. The van der Waals surface area contributed by atoms with Crippen LogP contribution in [-0.4, -0.2) is 45.4 Å². The Bertz CT molecular complexity index is 845. The van der Waals surface area contributed by atoms with Gasteiger partial charge in [0.15, 0.2) is 23.0 Å². The molecular weight excluding hydrogens is 366 g/mol. The van der Waals surface area contributed by atoms with Gasteiger partial charge in [-0.3, -0.25) is 4.90 Å². The van der Waals surface area contributed by atoms with Crippen molar-refractivity contribution in [2.24, 2.45) is 0 Å². The second-order valence-electron chi connectivity index (χ2n) is 7.82. The van der Waals surface area contributed by atoms with E-state index in [0.717, 1.165) is 47.2 Å². The highest BCUT2D eigenvalue weighted by Gasteiger charge is 2.27. The number of para-hydroxylation sites is 1. The second-order valence-corrected chi connectivity index (χ2v) is 7.82. The lowest BCUT2D eigenvalue weighted by molar-refractivity contribution is 0.136. The standard InChI is InChI=1S/C24H31NO4/c1-26-21-11-7-10-20(24(21)28-3)17-14-18-16-25(19-8-5-4-6-9-19)12-13-29-23(18)22(15-17)27-2/h7,10-11,14-15,19H,4-6,8-9,12-13,16H2,1-3H3. The van der Waals surface area contributed by atoms with Gasteiger partial charge in [-0.15, -0.1) is 0 Å². The normalized spacial score (nSPS) is 17.8. The molecule has 4 rings (SSSR count). The average Bonchev–Trinajstić information content (AvgIpc) is 3.00. The molecule has 5 nitrogen and oxygen atoms in total. The van der Waals surface area contributed by atoms with Gasteiger partial charge in [-0.25, -0.2) is 0 Å². The minimum atomic E-state index is 0.652. The molecule has 0 saturated heterocycles. The minimum absolute atomic E-state index is 0.652. The van der Waals surface area contributed by atoms with Gasteiger partial charge in [-0.2, -0.15) is 0 Å². The minimum Gasteiger partial charge on any atom is -0.493 e. The van der Waals surface area contributed by atoms with Crippen LogP contribution in [0.1, 0.15) is 37.7 Å². The van der Waals surface area contributed by atoms with E-state index in [1.54, 1.807) is 21.3 Å². The van der Waals surface area contributed by atoms with Gasteiger partial charge in [0.25, 0.3) is 0 Å². The molecule has 1 saturated carbocycles. The topological polar surface area (TPSA) is 40.2 Å². The molecule has 0 N–H and O–H groups in total. The summed E-state index contributed by atoms with van der Waals surface area (Å²) in [6, 6.07) is 10.9. The average molecular weight is 398 g/mol. The van der Waals surface area contributed by atoms with E-state index in [1.807, 2.05) is 18.2 Å². The summed E-state index contributed by atoms with van der Waals surface area (Å²) in [5.41, 5.74) is 3.21. The number of rotatable bonds is 5. The van der Waals surface area contributed by atoms with Gasteiger partial charge in [0.05, 0.1) is 21.3 Å². The molecule has 5 heteroatoms. The number of fused-ring (bicyclic) bond motifs is 1. The zero-order valence-electron chi connectivity index (χ0n) is 17.7. The van der Waals surface area contributed by atoms with Crippen LogP contribution >= 0.6 is 0 Å². The molecule has 2 aliphatic rings. The van der Waals surface area contributed by atoms with Crippen molar-refractivity contribution < 1.29 is 18.9 Å². The quantitative estimate of drug-likeness (QED) is 0.717. The van der Waals surface area contributed by atoms with Crippen LogP contribution in [0.5, 0.6) is 23.0 Å². The molecule has 0 spiro atoms. The summed E-state index contributed by atoms with van der Waals surface area (Å²) in [5, 5.41) is 0. The molecule has 2 aromatic rings. The number of ether oxygens (including phenoxy) is 4. The predicted molar refractivity (Wildman–Crippen MR) is 114 cm³/mol. The molecule has 29 heavy (non-hydrogen) atoms. The Morgan fingerprint density at radius 1 is 0.931 bits per heavy atom. The summed E-state index contributed by atoms with van der Waals surface area (Å²) in [6.07, 6.45) is 6.61. The van der Waals surface area contributed by atoms with E-state index < -0.39 is 0 Å². The van der Waals surface area contributed by atoms with E-state index in [2.05, 4.69) is 17.0 Å². The van der Waals surface area contributed by atoms with Gasteiger partial charge in [-0.05, 0) is 36.6 Å². The molecule has 1 fully saturated rings. The van der Waals surface area contributed by atoms with Crippen molar-refractivity contribution in [3.8, 4) is 34.1 Å². The van der Waals surface area contributed by atoms with Crippen LogP contribution in [0.2, 0.25) is 0 Å². The van der Waals surface area contributed by atoms with E-state index in [1.165, 1.54) is 37.7 Å². The van der Waals surface area contributed by atoms with E-state index in [-0.39, 0.29) is 0 Å². The molecule has 2 aromatic carbocycles. The molecule has 0 amide bonds. The molecule has 0 aromatic heterocycles. The second kappa shape index (κ2) is 8.95. The fourth-order valence-electron chi connectivity index (χ4n) is 4.68. The highest BCUT2D eigenvalue weighted by molar-refractivity contribution is 5.77. The largest absolute Gasteiger partial charge is 0.493 e. The number of hydrogen-bond donors (Lipinski definition) is 0. The van der Waals surface area contributed by atoms with Crippen LogP contribution in [0.25, 0.3) is 11.1 Å². The first-order chi connectivity index (χ1) is 14.2. The zero-order valence-corrected chi connectivity index (χ0v) is 17.7. The molecule has 0 bridgehead atoms. The highest BCUT2D eigenvalue weighted by Crippen LogP contribution is 2.43. The van der Waals surface area contributed by atoms with Gasteiger partial charge >= 0.3 is 0 Å². The van der Waals surface area contributed by atoms with Crippen LogP contribution in [0, 0.1) is 0 Å². The maximum atomic E-state index is 6.16. The third kappa shape index (κ3) is 4.01. The Hall–Kier alpha value is -2.40. The summed E-state index contributed by atoms with van der Waals surface area (Å²) < 4.78 is 23.1. The van der Waals surface area contributed by atoms with Crippen LogP contribution in [0.4, 0.5) is 0 Å². The van der Waals surface area contributed by atoms with Crippen molar-refractivity contribution in [1.29, 1.82) is 0 Å². The first kappa shape index (κ1) is 19.9. The van der Waals surface area contributed by atoms with E-state index in [4.69, 9.17) is 18.9 Å². The summed E-state index contributed by atoms with van der Waals surface area (Å²) in [6.45, 7) is 2.54. The molecule has 0 radical (unpaired) electrons. The summed E-state index contributed by atoms with van der Waals surface area (Å²) in [7, 11) is 5.04. The Morgan fingerprint density at radius 3 is 2.45 bits per heavy atom. The molecule has 0 unspecified atom stereocenters. The number of hydrogen-bond acceptors (Lipinski definition) is 5. The van der Waals surface area contributed by atoms with Gasteiger partial charge < -0.3 is 18.9 Å². The van der Waals surface area contributed by atoms with Gasteiger partial charge in [0.2, 0.25) is 0 Å². The Balaban J connectivity index is 1.74. The maximum absolute atomic E-state index is 6.16. The molecule has 1 heterocycles. The number of nitrogens with zero attached hydrogens (tertiary/aromatic N) is 1. The molecule has 0 atom stereocenters. The predicted octanol–water partition coefficient (Wildman–Crippen LogP) is 4.91. The smallest absolute Gasteiger partial charge is 0.168 e. The van der Waals surface area contributed by atoms with Crippen LogP contribution in [0.3, 0.4) is 0 Å². The lowest BCUT2D eigenvalue weighted by Crippen LogP contribution is -2.37. The van der Waals surface area contributed by atoms with E-state index >= 15 is 0 Å². The number of benzene rings is 2. The summed E-state index contributed by atoms with van der Waals surface area (Å²) in [5.74, 6) is 3.10. The SMILES string of the molecule is COc1cc(-c2cccc(OC)c2OC)cc2c1OCCN(C1CCCCC1)C2. The first-order valence-electron chi connectivity index (χ1n) is 10.5. The summed E-state index contributed by atoms with van der Waals surface area (Å²) >= 11 is 0. The van der Waals surface area contributed by atoms with Crippen molar-refractivity contribution in [3.05, 3.63) is 35.9 Å². The van der Waals surface area contributed by atoms with Gasteiger partial charge in [0, 0.05) is 30.3 Å². The van der Waals surface area contributed by atoms with Crippen molar-refractivity contribution in [2.75, 3.05) is 34.5 Å². The van der Waals surface area contributed by atoms with Crippen molar-refractivity contribution >= 4 is 0 Å². The van der Waals surface area contributed by atoms with Gasteiger partial charge in [-0.1, -0.05) is 31.4 Å². The van der Waals surface area contributed by atoms with Crippen LogP contribution < -0.4 is 18.9 Å². The zero-order chi connectivity index (χ0) is 20.2. The number of methoxy groups -OCH3 is 3. The molecule has 1 aliphatic heterocycles. The highest BCUT2D eigenvalue weighted by atomic mass is 16.5. The summed E-state index contributed by atoms with van der Waals surface area (Å²) in [4.78, 5) is 2.59. The maximum Gasteiger partial charge on any atom is 0.168 e. The van der Waals surface area contributed by atoms with Crippen molar-refractivity contribution in [1.82, 2.24) is 4.90 Å².